The van der Waals surface area contributed by atoms with Gasteiger partial charge in [-0.15, -0.1) is 0 Å². The molecule has 1 atom stereocenters. The highest BCUT2D eigenvalue weighted by Crippen LogP contribution is 2.13. The molecule has 0 heterocycles. The Balaban J connectivity index is 2.55. The molecule has 0 amide bonds. The van der Waals surface area contributed by atoms with Crippen LogP contribution in [0.25, 0.3) is 0 Å². The summed E-state index contributed by atoms with van der Waals surface area (Å²) in [7, 11) is 0. The lowest BCUT2D eigenvalue weighted by Crippen LogP contribution is -2.21. The van der Waals surface area contributed by atoms with Crippen molar-refractivity contribution < 1.29 is 4.74 Å². The van der Waals surface area contributed by atoms with Gasteiger partial charge in [0.2, 0.25) is 0 Å². The minimum absolute atomic E-state index is 0.0614. The smallest absolute Gasteiger partial charge is 0.182 e. The third kappa shape index (κ3) is 4.88. The van der Waals surface area contributed by atoms with Crippen LogP contribution in [0.4, 0.5) is 0 Å². The van der Waals surface area contributed by atoms with Gasteiger partial charge >= 0.3 is 0 Å². The van der Waals surface area contributed by atoms with Crippen LogP contribution < -0.4 is 10.1 Å². The number of nitrogens with zero attached hydrogens (tertiary/aromatic N) is 2. The fourth-order valence-electron chi connectivity index (χ4n) is 1.53. The molecule has 0 saturated carbocycles. The van der Waals surface area contributed by atoms with Crippen molar-refractivity contribution in [2.45, 2.75) is 33.2 Å². The summed E-state index contributed by atoms with van der Waals surface area (Å²) in [6.45, 7) is 6.37. The van der Waals surface area contributed by atoms with Crippen molar-refractivity contribution in [3.8, 4) is 11.9 Å². The van der Waals surface area contributed by atoms with Gasteiger partial charge in [0, 0.05) is 0 Å². The highest BCUT2D eigenvalue weighted by molar-refractivity contribution is 5.80. The highest BCUT2D eigenvalue weighted by atomic mass is 16.5. The van der Waals surface area contributed by atoms with Gasteiger partial charge < -0.3 is 4.74 Å². The first-order valence-electron chi connectivity index (χ1n) is 6.04. The van der Waals surface area contributed by atoms with E-state index in [1.807, 2.05) is 44.3 Å². The van der Waals surface area contributed by atoms with E-state index in [2.05, 4.69) is 10.3 Å². The van der Waals surface area contributed by atoms with Crippen molar-refractivity contribution in [1.82, 2.24) is 5.32 Å². The maximum absolute atomic E-state index is 8.49. The Labute approximate surface area is 108 Å². The van der Waals surface area contributed by atoms with Crippen LogP contribution in [0.15, 0.2) is 29.3 Å². The van der Waals surface area contributed by atoms with E-state index in [0.717, 1.165) is 12.2 Å². The number of aryl methyl sites for hydroxylation is 1. The molecule has 0 bridgehead atoms. The molecule has 0 spiro atoms. The zero-order valence-corrected chi connectivity index (χ0v) is 11.1. The molecule has 0 saturated heterocycles. The van der Waals surface area contributed by atoms with Crippen LogP contribution in [-0.4, -0.2) is 18.5 Å². The van der Waals surface area contributed by atoms with Crippen molar-refractivity contribution in [2.75, 3.05) is 6.61 Å². The van der Waals surface area contributed by atoms with E-state index in [-0.39, 0.29) is 6.04 Å². The fraction of sp³-hybridized carbons (Fsp3) is 0.429. The first-order valence-corrected chi connectivity index (χ1v) is 6.04. The van der Waals surface area contributed by atoms with Crippen LogP contribution in [0.2, 0.25) is 0 Å². The number of nitriles is 1. The highest BCUT2D eigenvalue weighted by Gasteiger charge is 2.06. The number of amidine groups is 1. The van der Waals surface area contributed by atoms with Gasteiger partial charge in [-0.1, -0.05) is 19.1 Å². The van der Waals surface area contributed by atoms with Gasteiger partial charge in [-0.2, -0.15) is 5.26 Å². The van der Waals surface area contributed by atoms with Crippen LogP contribution >= 0.6 is 0 Å². The summed E-state index contributed by atoms with van der Waals surface area (Å²) in [5.74, 6) is 1.48. The van der Waals surface area contributed by atoms with E-state index in [1.165, 1.54) is 5.56 Å². The van der Waals surface area contributed by atoms with E-state index >= 15 is 0 Å². The molecular weight excluding hydrogens is 226 g/mol. The van der Waals surface area contributed by atoms with Gasteiger partial charge in [0.1, 0.15) is 18.2 Å². The number of hydrogen-bond acceptors (Lipinski definition) is 3. The molecule has 1 rings (SSSR count). The Hall–Kier alpha value is -2.02. The van der Waals surface area contributed by atoms with Crippen molar-refractivity contribution >= 4 is 5.84 Å². The predicted octanol–water partition coefficient (Wildman–Crippen LogP) is 2.64. The predicted molar refractivity (Wildman–Crippen MR) is 72.6 cm³/mol. The molecule has 0 aliphatic carbocycles. The molecular formula is C14H19N3O. The minimum Gasteiger partial charge on any atom is -0.491 e. The van der Waals surface area contributed by atoms with Gasteiger partial charge in [0.05, 0.1) is 6.04 Å². The van der Waals surface area contributed by atoms with E-state index in [0.29, 0.717) is 12.4 Å². The average Bonchev–Trinajstić information content (AvgIpc) is 2.35. The maximum Gasteiger partial charge on any atom is 0.182 e. The first-order chi connectivity index (χ1) is 8.65. The first kappa shape index (κ1) is 14.0. The molecule has 0 aliphatic heterocycles. The summed E-state index contributed by atoms with van der Waals surface area (Å²) in [5.41, 5.74) is 1.17. The van der Waals surface area contributed by atoms with E-state index in [1.54, 1.807) is 6.92 Å². The molecule has 1 aromatic rings. The second-order valence-electron chi connectivity index (χ2n) is 4.14. The lowest BCUT2D eigenvalue weighted by molar-refractivity contribution is 0.286. The number of nitrogens with one attached hydrogen (secondary N) is 1. The Bertz CT molecular complexity index is 449. The van der Waals surface area contributed by atoms with Gasteiger partial charge in [0.15, 0.2) is 6.19 Å². The summed E-state index contributed by atoms with van der Waals surface area (Å²) in [6, 6.07) is 7.99. The van der Waals surface area contributed by atoms with Gasteiger partial charge in [-0.25, -0.2) is 0 Å². The van der Waals surface area contributed by atoms with Crippen molar-refractivity contribution in [1.29, 1.82) is 5.26 Å². The molecule has 0 aliphatic rings. The monoisotopic (exact) mass is 245 g/mol. The Morgan fingerprint density at radius 1 is 1.56 bits per heavy atom. The number of rotatable bonds is 5. The molecule has 0 unspecified atom stereocenters. The molecule has 0 aromatic heterocycles. The lowest BCUT2D eigenvalue weighted by Gasteiger charge is -2.13. The van der Waals surface area contributed by atoms with Gasteiger partial charge in [-0.3, -0.25) is 10.3 Å². The zero-order valence-electron chi connectivity index (χ0n) is 11.1. The molecule has 4 heteroatoms. The van der Waals surface area contributed by atoms with E-state index < -0.39 is 0 Å². The molecule has 1 N–H and O–H groups in total. The average molecular weight is 245 g/mol. The fourth-order valence-corrected chi connectivity index (χ4v) is 1.53. The minimum atomic E-state index is 0.0614. The largest absolute Gasteiger partial charge is 0.491 e. The molecule has 4 nitrogen and oxygen atoms in total. The number of hydrogen-bond donors (Lipinski definition) is 1. The van der Waals surface area contributed by atoms with Crippen LogP contribution in [0.5, 0.6) is 5.75 Å². The number of aliphatic imine (C=N–C) groups is 1. The van der Waals surface area contributed by atoms with Crippen molar-refractivity contribution in [2.24, 2.45) is 4.99 Å². The standard InChI is InChI=1S/C14H19N3O/c1-4-13(17-12(3)16-10-15)9-18-14-7-5-6-11(2)8-14/h5-8,13H,4,9H2,1-3H3,(H,16,17)/t13-/m1/s1. The molecule has 0 radical (unpaired) electrons. The van der Waals surface area contributed by atoms with Gasteiger partial charge in [-0.05, 0) is 38.0 Å². The van der Waals surface area contributed by atoms with Crippen LogP contribution in [0.3, 0.4) is 0 Å². The number of benzene rings is 1. The maximum atomic E-state index is 8.49. The van der Waals surface area contributed by atoms with Gasteiger partial charge in [0.25, 0.3) is 0 Å². The topological polar surface area (TPSA) is 57.4 Å². The van der Waals surface area contributed by atoms with Crippen molar-refractivity contribution in [3.05, 3.63) is 29.8 Å². The summed E-state index contributed by atoms with van der Waals surface area (Å²) in [4.78, 5) is 4.38. The Morgan fingerprint density at radius 3 is 2.94 bits per heavy atom. The Kier molecular flexibility index (Phi) is 5.72. The van der Waals surface area contributed by atoms with Crippen molar-refractivity contribution in [3.63, 3.8) is 0 Å². The lowest BCUT2D eigenvalue weighted by atomic mass is 10.2. The molecule has 18 heavy (non-hydrogen) atoms. The Morgan fingerprint density at radius 2 is 2.33 bits per heavy atom. The van der Waals surface area contributed by atoms with Crippen LogP contribution in [0.1, 0.15) is 25.8 Å². The van der Waals surface area contributed by atoms with Crippen LogP contribution in [-0.2, 0) is 0 Å². The van der Waals surface area contributed by atoms with E-state index in [4.69, 9.17) is 10.00 Å². The SMILES string of the molecule is CC[C@H](COc1cccc(C)c1)N=C(C)NC#N. The molecule has 96 valence electrons. The third-order valence-electron chi connectivity index (χ3n) is 2.52. The quantitative estimate of drug-likeness (QED) is 0.375. The second-order valence-corrected chi connectivity index (χ2v) is 4.14. The summed E-state index contributed by atoms with van der Waals surface area (Å²) in [5, 5.41) is 11.0. The second kappa shape index (κ2) is 7.33. The number of ether oxygens (including phenoxy) is 1. The normalized spacial score (nSPS) is 12.7. The van der Waals surface area contributed by atoms with Crippen LogP contribution in [0, 0.1) is 18.4 Å². The molecule has 0 fully saturated rings. The summed E-state index contributed by atoms with van der Waals surface area (Å²) in [6.07, 6.45) is 2.73. The summed E-state index contributed by atoms with van der Waals surface area (Å²) >= 11 is 0. The summed E-state index contributed by atoms with van der Waals surface area (Å²) < 4.78 is 5.70. The zero-order chi connectivity index (χ0) is 13.4. The third-order valence-corrected chi connectivity index (χ3v) is 2.52. The van der Waals surface area contributed by atoms with E-state index in [9.17, 15) is 0 Å². The molecule has 1 aromatic carbocycles.